The highest BCUT2D eigenvalue weighted by Crippen LogP contribution is 2.10. The van der Waals surface area contributed by atoms with Gasteiger partial charge in [0.15, 0.2) is 6.23 Å². The second-order valence-corrected chi connectivity index (χ2v) is 4.03. The number of ether oxygens (including phenoxy) is 1. The van der Waals surface area contributed by atoms with E-state index in [9.17, 15) is 5.11 Å². The van der Waals surface area contributed by atoms with Gasteiger partial charge in [-0.1, -0.05) is 32.0 Å². The van der Waals surface area contributed by atoms with Crippen LogP contribution in [0.5, 0.6) is 5.75 Å². The lowest BCUT2D eigenvalue weighted by molar-refractivity contribution is 0.0393. The van der Waals surface area contributed by atoms with Crippen LogP contribution in [-0.4, -0.2) is 30.0 Å². The van der Waals surface area contributed by atoms with E-state index in [2.05, 4.69) is 5.32 Å². The van der Waals surface area contributed by atoms with Gasteiger partial charge in [0.2, 0.25) is 0 Å². The van der Waals surface area contributed by atoms with Gasteiger partial charge in [-0.15, -0.1) is 0 Å². The fraction of sp³-hybridized carbons (Fsp3) is 0.500. The lowest BCUT2D eigenvalue weighted by Crippen LogP contribution is -2.46. The molecule has 0 amide bonds. The first kappa shape index (κ1) is 13.0. The zero-order chi connectivity index (χ0) is 12.0. The topological polar surface area (TPSA) is 67.5 Å². The molecule has 0 saturated heterocycles. The molecule has 4 nitrogen and oxygen atoms in total. The molecule has 0 spiro atoms. The molecular formula is C12H20N2O2. The van der Waals surface area contributed by atoms with Gasteiger partial charge >= 0.3 is 0 Å². The maximum Gasteiger partial charge on any atom is 0.175 e. The van der Waals surface area contributed by atoms with Gasteiger partial charge in [-0.05, 0) is 12.1 Å². The molecule has 0 heterocycles. The lowest BCUT2D eigenvalue weighted by Gasteiger charge is -2.21. The fourth-order valence-corrected chi connectivity index (χ4v) is 1.21. The number of rotatable bonds is 6. The zero-order valence-electron chi connectivity index (χ0n) is 9.76. The number of hydrogen-bond donors (Lipinski definition) is 3. The minimum absolute atomic E-state index is 0.318. The number of nitrogens with two attached hydrogens (primary N) is 1. The molecule has 1 aromatic carbocycles. The van der Waals surface area contributed by atoms with Crippen LogP contribution in [0.3, 0.4) is 0 Å². The Labute approximate surface area is 96.4 Å². The summed E-state index contributed by atoms with van der Waals surface area (Å²) in [4.78, 5) is 0. The number of aliphatic hydroxyl groups is 1. The molecule has 0 aliphatic rings. The van der Waals surface area contributed by atoms with Crippen LogP contribution < -0.4 is 15.8 Å². The Balaban J connectivity index is 2.37. The van der Waals surface area contributed by atoms with E-state index in [1.165, 1.54) is 0 Å². The highest BCUT2D eigenvalue weighted by Gasteiger charge is 2.16. The summed E-state index contributed by atoms with van der Waals surface area (Å²) in [6, 6.07) is 9.56. The third-order valence-corrected chi connectivity index (χ3v) is 2.13. The molecule has 16 heavy (non-hydrogen) atoms. The maximum atomic E-state index is 9.72. The highest BCUT2D eigenvalue weighted by molar-refractivity contribution is 5.21. The third-order valence-electron chi connectivity index (χ3n) is 2.13. The first-order valence-electron chi connectivity index (χ1n) is 5.48. The van der Waals surface area contributed by atoms with E-state index in [1.54, 1.807) is 0 Å². The van der Waals surface area contributed by atoms with Crippen molar-refractivity contribution in [3.63, 3.8) is 0 Å². The van der Waals surface area contributed by atoms with E-state index in [4.69, 9.17) is 10.5 Å². The second kappa shape index (κ2) is 6.48. The van der Waals surface area contributed by atoms with Crippen LogP contribution in [0.25, 0.3) is 0 Å². The van der Waals surface area contributed by atoms with Crippen molar-refractivity contribution >= 4 is 0 Å². The Morgan fingerprint density at radius 2 is 1.94 bits per heavy atom. The van der Waals surface area contributed by atoms with Crippen LogP contribution in [0, 0.1) is 0 Å². The van der Waals surface area contributed by atoms with Gasteiger partial charge in [-0.3, -0.25) is 5.73 Å². The van der Waals surface area contributed by atoms with E-state index in [-0.39, 0.29) is 0 Å². The van der Waals surface area contributed by atoms with E-state index in [1.807, 2.05) is 44.2 Å². The van der Waals surface area contributed by atoms with Crippen molar-refractivity contribution in [1.29, 1.82) is 0 Å². The lowest BCUT2D eigenvalue weighted by atomic mass is 10.3. The Morgan fingerprint density at radius 1 is 1.31 bits per heavy atom. The quantitative estimate of drug-likeness (QED) is 0.623. The SMILES string of the molecule is CC(C)NCC(O)C(N)Oc1ccccc1. The van der Waals surface area contributed by atoms with Crippen LogP contribution in [0.2, 0.25) is 0 Å². The molecule has 0 aliphatic heterocycles. The van der Waals surface area contributed by atoms with Crippen molar-refractivity contribution in [3.05, 3.63) is 30.3 Å². The summed E-state index contributed by atoms with van der Waals surface area (Å²) in [5, 5.41) is 12.8. The van der Waals surface area contributed by atoms with Crippen LogP contribution in [0.1, 0.15) is 13.8 Å². The number of aliphatic hydroxyl groups excluding tert-OH is 1. The standard InChI is InChI=1S/C12H20N2O2/c1-9(2)14-8-11(15)12(13)16-10-6-4-3-5-7-10/h3-7,9,11-12,14-15H,8,13H2,1-2H3. The Hall–Kier alpha value is -1.10. The molecule has 2 unspecified atom stereocenters. The summed E-state index contributed by atoms with van der Waals surface area (Å²) in [6.45, 7) is 4.44. The van der Waals surface area contributed by atoms with Gasteiger partial charge in [0.25, 0.3) is 0 Å². The van der Waals surface area contributed by atoms with Gasteiger partial charge in [0.05, 0.1) is 0 Å². The molecule has 0 aliphatic carbocycles. The smallest absolute Gasteiger partial charge is 0.175 e. The number of para-hydroxylation sites is 1. The molecule has 4 N–H and O–H groups in total. The summed E-state index contributed by atoms with van der Waals surface area (Å²) >= 11 is 0. The minimum atomic E-state index is -0.720. The largest absolute Gasteiger partial charge is 0.473 e. The summed E-state index contributed by atoms with van der Waals surface area (Å²) < 4.78 is 5.40. The van der Waals surface area contributed by atoms with Gasteiger partial charge in [-0.2, -0.15) is 0 Å². The van der Waals surface area contributed by atoms with E-state index in [0.29, 0.717) is 18.3 Å². The van der Waals surface area contributed by atoms with Crippen LogP contribution >= 0.6 is 0 Å². The average Bonchev–Trinajstić information content (AvgIpc) is 2.27. The van der Waals surface area contributed by atoms with Crippen LogP contribution in [0.15, 0.2) is 30.3 Å². The fourth-order valence-electron chi connectivity index (χ4n) is 1.21. The number of hydrogen-bond acceptors (Lipinski definition) is 4. The molecule has 1 aromatic rings. The summed E-state index contributed by atoms with van der Waals surface area (Å²) in [7, 11) is 0. The molecule has 0 radical (unpaired) electrons. The second-order valence-electron chi connectivity index (χ2n) is 4.03. The van der Waals surface area contributed by atoms with Crippen molar-refractivity contribution in [2.24, 2.45) is 5.73 Å². The number of benzene rings is 1. The van der Waals surface area contributed by atoms with Gasteiger partial charge in [-0.25, -0.2) is 0 Å². The molecule has 0 fully saturated rings. The van der Waals surface area contributed by atoms with Crippen LogP contribution in [-0.2, 0) is 0 Å². The third kappa shape index (κ3) is 4.61. The Morgan fingerprint density at radius 3 is 2.50 bits per heavy atom. The molecule has 1 rings (SSSR count). The Bertz CT molecular complexity index is 290. The summed E-state index contributed by atoms with van der Waals surface area (Å²) in [5.74, 6) is 0.665. The predicted molar refractivity (Wildman–Crippen MR) is 64.2 cm³/mol. The summed E-state index contributed by atoms with van der Waals surface area (Å²) in [5.41, 5.74) is 5.72. The van der Waals surface area contributed by atoms with E-state index < -0.39 is 12.3 Å². The van der Waals surface area contributed by atoms with E-state index in [0.717, 1.165) is 0 Å². The van der Waals surface area contributed by atoms with Crippen molar-refractivity contribution in [2.45, 2.75) is 32.2 Å². The molecular weight excluding hydrogens is 204 g/mol. The van der Waals surface area contributed by atoms with Gasteiger partial charge < -0.3 is 15.2 Å². The summed E-state index contributed by atoms with van der Waals surface area (Å²) in [6.07, 6.45) is -1.43. The average molecular weight is 224 g/mol. The van der Waals surface area contributed by atoms with Crippen molar-refractivity contribution in [2.75, 3.05) is 6.54 Å². The monoisotopic (exact) mass is 224 g/mol. The first-order chi connectivity index (χ1) is 7.59. The van der Waals surface area contributed by atoms with Crippen molar-refractivity contribution < 1.29 is 9.84 Å². The van der Waals surface area contributed by atoms with Crippen LogP contribution in [0.4, 0.5) is 0 Å². The molecule has 4 heteroatoms. The molecule has 0 saturated carbocycles. The van der Waals surface area contributed by atoms with Gasteiger partial charge in [0, 0.05) is 12.6 Å². The normalized spacial score (nSPS) is 14.8. The predicted octanol–water partition coefficient (Wildman–Crippen LogP) is 0.709. The van der Waals surface area contributed by atoms with Gasteiger partial charge in [0.1, 0.15) is 11.9 Å². The highest BCUT2D eigenvalue weighted by atomic mass is 16.5. The number of nitrogens with one attached hydrogen (secondary N) is 1. The van der Waals surface area contributed by atoms with Crippen molar-refractivity contribution in [1.82, 2.24) is 5.32 Å². The minimum Gasteiger partial charge on any atom is -0.473 e. The van der Waals surface area contributed by atoms with Crippen molar-refractivity contribution in [3.8, 4) is 5.75 Å². The Kier molecular flexibility index (Phi) is 5.25. The zero-order valence-corrected chi connectivity index (χ0v) is 9.76. The molecule has 90 valence electrons. The molecule has 0 aromatic heterocycles. The first-order valence-corrected chi connectivity index (χ1v) is 5.48. The molecule has 2 atom stereocenters. The van der Waals surface area contributed by atoms with E-state index >= 15 is 0 Å². The maximum absolute atomic E-state index is 9.72. The molecule has 0 bridgehead atoms.